The molecule has 0 spiro atoms. The van der Waals surface area contributed by atoms with Crippen molar-refractivity contribution < 1.29 is 18.3 Å². The molecule has 1 aromatic heterocycles. The minimum atomic E-state index is -3.72. The van der Waals surface area contributed by atoms with Crippen LogP contribution in [0, 0.1) is 0 Å². The maximum absolute atomic E-state index is 12.5. The number of nitrogens with zero attached hydrogens (tertiary/aromatic N) is 2. The zero-order chi connectivity index (χ0) is 21.9. The highest BCUT2D eigenvalue weighted by Gasteiger charge is 2.19. The molecule has 0 bridgehead atoms. The van der Waals surface area contributed by atoms with Gasteiger partial charge in [-0.2, -0.15) is 0 Å². The molecule has 0 saturated heterocycles. The first kappa shape index (κ1) is 21.5. The van der Waals surface area contributed by atoms with Gasteiger partial charge in [-0.25, -0.2) is 13.1 Å². The van der Waals surface area contributed by atoms with Gasteiger partial charge in [0.1, 0.15) is 0 Å². The maximum Gasteiger partial charge on any atom is 0.253 e. The number of hydrogen-bond donors (Lipinski definition) is 4. The number of aromatic nitrogens is 1. The Morgan fingerprint density at radius 1 is 1.17 bits per heavy atom. The SMILES string of the molecule is CCNC(=O)c1ccccc1N=Nc1c(O)[nH]c2ccc(S(=O)(=O)NC(C)C)cc12. The Morgan fingerprint density at radius 3 is 2.60 bits per heavy atom. The van der Waals surface area contributed by atoms with E-state index >= 15 is 0 Å². The van der Waals surface area contributed by atoms with Gasteiger partial charge in [0.05, 0.1) is 21.7 Å². The largest absolute Gasteiger partial charge is 0.493 e. The molecule has 0 aliphatic heterocycles. The average molecular weight is 430 g/mol. The lowest BCUT2D eigenvalue weighted by Crippen LogP contribution is -2.30. The van der Waals surface area contributed by atoms with Crippen LogP contribution in [-0.2, 0) is 10.0 Å². The highest BCUT2D eigenvalue weighted by atomic mass is 32.2. The molecule has 4 N–H and O–H groups in total. The number of rotatable bonds is 7. The van der Waals surface area contributed by atoms with Gasteiger partial charge in [-0.1, -0.05) is 12.1 Å². The van der Waals surface area contributed by atoms with Crippen molar-refractivity contribution in [3.8, 4) is 5.88 Å². The first-order chi connectivity index (χ1) is 14.2. The maximum atomic E-state index is 12.5. The van der Waals surface area contributed by atoms with E-state index in [0.717, 1.165) is 0 Å². The standard InChI is InChI=1S/C20H23N5O4S/c1-4-21-19(26)14-7-5-6-8-17(14)23-24-18-15-11-13(30(28,29)25-12(2)3)9-10-16(15)22-20(18)27/h5-12,22,25,27H,4H2,1-3H3,(H,21,26). The number of aromatic hydroxyl groups is 1. The van der Waals surface area contributed by atoms with E-state index in [1.54, 1.807) is 44.2 Å². The van der Waals surface area contributed by atoms with E-state index in [1.165, 1.54) is 12.1 Å². The van der Waals surface area contributed by atoms with E-state index < -0.39 is 10.0 Å². The summed E-state index contributed by atoms with van der Waals surface area (Å²) in [5.74, 6) is -0.543. The van der Waals surface area contributed by atoms with Gasteiger partial charge < -0.3 is 15.4 Å². The molecule has 2 aromatic carbocycles. The highest BCUT2D eigenvalue weighted by molar-refractivity contribution is 7.89. The molecule has 0 aliphatic rings. The highest BCUT2D eigenvalue weighted by Crippen LogP contribution is 2.37. The number of H-pyrrole nitrogens is 1. The van der Waals surface area contributed by atoms with Crippen LogP contribution in [0.4, 0.5) is 11.4 Å². The lowest BCUT2D eigenvalue weighted by molar-refractivity contribution is 0.0956. The summed E-state index contributed by atoms with van der Waals surface area (Å²) in [6.07, 6.45) is 0. The lowest BCUT2D eigenvalue weighted by atomic mass is 10.1. The van der Waals surface area contributed by atoms with E-state index in [1.807, 2.05) is 6.92 Å². The number of benzene rings is 2. The number of aromatic amines is 1. The molecule has 0 aliphatic carbocycles. The molecular formula is C20H23N5O4S. The molecule has 1 amide bonds. The zero-order valence-electron chi connectivity index (χ0n) is 16.8. The number of azo groups is 1. The van der Waals surface area contributed by atoms with Crippen LogP contribution in [0.15, 0.2) is 57.6 Å². The topological polar surface area (TPSA) is 136 Å². The summed E-state index contributed by atoms with van der Waals surface area (Å²) in [6, 6.07) is 10.8. The smallest absolute Gasteiger partial charge is 0.253 e. The number of hydrogen-bond acceptors (Lipinski definition) is 6. The number of fused-ring (bicyclic) bond motifs is 1. The van der Waals surface area contributed by atoms with Crippen LogP contribution >= 0.6 is 0 Å². The molecule has 0 saturated carbocycles. The molecule has 30 heavy (non-hydrogen) atoms. The van der Waals surface area contributed by atoms with Crippen LogP contribution in [0.1, 0.15) is 31.1 Å². The predicted octanol–water partition coefficient (Wildman–Crippen LogP) is 3.73. The van der Waals surface area contributed by atoms with Gasteiger partial charge in [0.2, 0.25) is 15.9 Å². The van der Waals surface area contributed by atoms with Crippen LogP contribution < -0.4 is 10.0 Å². The zero-order valence-corrected chi connectivity index (χ0v) is 17.6. The van der Waals surface area contributed by atoms with Gasteiger partial charge in [-0.3, -0.25) is 4.79 Å². The van der Waals surface area contributed by atoms with Gasteiger partial charge in [-0.15, -0.1) is 10.2 Å². The second-order valence-corrected chi connectivity index (χ2v) is 8.60. The summed E-state index contributed by atoms with van der Waals surface area (Å²) in [7, 11) is -3.72. The third kappa shape index (κ3) is 4.50. The first-order valence-corrected chi connectivity index (χ1v) is 10.9. The van der Waals surface area contributed by atoms with Gasteiger partial charge >= 0.3 is 0 Å². The number of nitrogens with one attached hydrogen (secondary N) is 3. The van der Waals surface area contributed by atoms with Crippen molar-refractivity contribution in [2.45, 2.75) is 31.7 Å². The molecule has 158 valence electrons. The Balaban J connectivity index is 2.04. The molecular weight excluding hydrogens is 406 g/mol. The number of amides is 1. The van der Waals surface area contributed by atoms with Crippen LogP contribution in [-0.4, -0.2) is 37.0 Å². The van der Waals surface area contributed by atoms with Crippen LogP contribution in [0.3, 0.4) is 0 Å². The molecule has 3 rings (SSSR count). The van der Waals surface area contributed by atoms with E-state index in [9.17, 15) is 18.3 Å². The summed E-state index contributed by atoms with van der Waals surface area (Å²) < 4.78 is 27.5. The minimum absolute atomic E-state index is 0.0434. The number of carbonyl (C=O) groups is 1. The molecule has 0 atom stereocenters. The molecule has 9 nitrogen and oxygen atoms in total. The fourth-order valence-electron chi connectivity index (χ4n) is 2.90. The van der Waals surface area contributed by atoms with Crippen LogP contribution in [0.2, 0.25) is 0 Å². The second-order valence-electron chi connectivity index (χ2n) is 6.88. The van der Waals surface area contributed by atoms with Crippen LogP contribution in [0.5, 0.6) is 5.88 Å². The van der Waals surface area contributed by atoms with Crippen molar-refractivity contribution in [3.05, 3.63) is 48.0 Å². The average Bonchev–Trinajstić information content (AvgIpc) is 3.00. The summed E-state index contributed by atoms with van der Waals surface area (Å²) in [6.45, 7) is 5.73. The Bertz CT molecular complexity index is 1220. The van der Waals surface area contributed by atoms with E-state index in [2.05, 4.69) is 25.3 Å². The van der Waals surface area contributed by atoms with E-state index in [-0.39, 0.29) is 28.4 Å². The fraction of sp³-hybridized carbons (Fsp3) is 0.250. The predicted molar refractivity (Wildman–Crippen MR) is 114 cm³/mol. The van der Waals surface area contributed by atoms with Crippen molar-refractivity contribution in [1.29, 1.82) is 0 Å². The first-order valence-electron chi connectivity index (χ1n) is 9.39. The van der Waals surface area contributed by atoms with Crippen molar-refractivity contribution in [2.75, 3.05) is 6.54 Å². The van der Waals surface area contributed by atoms with Crippen molar-refractivity contribution in [1.82, 2.24) is 15.0 Å². The van der Waals surface area contributed by atoms with Crippen LogP contribution in [0.25, 0.3) is 10.9 Å². The van der Waals surface area contributed by atoms with Crippen molar-refractivity contribution >= 4 is 38.2 Å². The van der Waals surface area contributed by atoms with Crippen molar-refractivity contribution in [2.24, 2.45) is 10.2 Å². The van der Waals surface area contributed by atoms with Crippen molar-refractivity contribution in [3.63, 3.8) is 0 Å². The minimum Gasteiger partial charge on any atom is -0.493 e. The summed E-state index contributed by atoms with van der Waals surface area (Å²) in [4.78, 5) is 15.0. The normalized spacial score (nSPS) is 12.1. The Labute approximate surface area is 174 Å². The third-order valence-electron chi connectivity index (χ3n) is 4.17. The molecule has 0 fully saturated rings. The summed E-state index contributed by atoms with van der Waals surface area (Å²) in [5.41, 5.74) is 1.24. The fourth-order valence-corrected chi connectivity index (χ4v) is 4.18. The quantitative estimate of drug-likeness (QED) is 0.425. The monoisotopic (exact) mass is 429 g/mol. The van der Waals surface area contributed by atoms with Gasteiger partial charge in [0, 0.05) is 18.0 Å². The molecule has 1 heterocycles. The second kappa shape index (κ2) is 8.64. The molecule has 0 unspecified atom stereocenters. The van der Waals surface area contributed by atoms with E-state index in [4.69, 9.17) is 0 Å². The van der Waals surface area contributed by atoms with Gasteiger partial charge in [0.25, 0.3) is 5.91 Å². The lowest BCUT2D eigenvalue weighted by Gasteiger charge is -2.09. The third-order valence-corrected chi connectivity index (χ3v) is 5.82. The summed E-state index contributed by atoms with van der Waals surface area (Å²) in [5, 5.41) is 21.6. The molecule has 10 heteroatoms. The Morgan fingerprint density at radius 2 is 1.90 bits per heavy atom. The summed E-state index contributed by atoms with van der Waals surface area (Å²) >= 11 is 0. The Kier molecular flexibility index (Phi) is 6.18. The van der Waals surface area contributed by atoms with Gasteiger partial charge in [0.15, 0.2) is 5.69 Å². The molecule has 3 aromatic rings. The molecule has 0 radical (unpaired) electrons. The van der Waals surface area contributed by atoms with E-state index in [0.29, 0.717) is 28.7 Å². The van der Waals surface area contributed by atoms with Gasteiger partial charge in [-0.05, 0) is 51.1 Å². The number of sulfonamides is 1. The number of carbonyl (C=O) groups excluding carboxylic acids is 1. The Hall–Kier alpha value is -3.24.